The van der Waals surface area contributed by atoms with Crippen molar-refractivity contribution in [2.75, 3.05) is 45.2 Å². The van der Waals surface area contributed by atoms with E-state index in [1.165, 1.54) is 5.56 Å². The van der Waals surface area contributed by atoms with E-state index in [1.807, 2.05) is 43.1 Å². The lowest BCUT2D eigenvalue weighted by Gasteiger charge is -2.31. The maximum absolute atomic E-state index is 12.5. The maximum Gasteiger partial charge on any atom is 0.227 e. The van der Waals surface area contributed by atoms with E-state index in [9.17, 15) is 4.79 Å². The molecule has 0 radical (unpaired) electrons. The molecular formula is C22H33N3O2. The van der Waals surface area contributed by atoms with E-state index >= 15 is 0 Å². The Morgan fingerprint density at radius 1 is 1.33 bits per heavy atom. The molecule has 2 rings (SSSR count). The number of aryl methyl sites for hydroxylation is 1. The van der Waals surface area contributed by atoms with Gasteiger partial charge < -0.3 is 19.9 Å². The fraction of sp³-hybridized carbons (Fsp3) is 0.500. The van der Waals surface area contributed by atoms with Crippen LogP contribution in [-0.4, -0.2) is 51.1 Å². The molecule has 1 amide bonds. The number of amides is 1. The van der Waals surface area contributed by atoms with Gasteiger partial charge in [-0.15, -0.1) is 0 Å². The molecule has 0 aromatic heterocycles. The quantitative estimate of drug-likeness (QED) is 0.506. The second kappa shape index (κ2) is 10.8. The number of rotatable bonds is 10. The summed E-state index contributed by atoms with van der Waals surface area (Å²) in [6.45, 7) is 7.51. The number of ether oxygens (including phenoxy) is 1. The van der Waals surface area contributed by atoms with Gasteiger partial charge in [0.2, 0.25) is 5.91 Å². The molecule has 5 nitrogen and oxygen atoms in total. The number of fused-ring (bicyclic) bond motifs is 1. The van der Waals surface area contributed by atoms with Gasteiger partial charge in [0.25, 0.3) is 0 Å². The Balaban J connectivity index is 2.23. The largest absolute Gasteiger partial charge is 0.499 e. The molecule has 148 valence electrons. The first-order chi connectivity index (χ1) is 13.2. The highest BCUT2D eigenvalue weighted by Crippen LogP contribution is 2.28. The highest BCUT2D eigenvalue weighted by Gasteiger charge is 2.24. The summed E-state index contributed by atoms with van der Waals surface area (Å²) in [6, 6.07) is 8.20. The Labute approximate surface area is 163 Å². The maximum atomic E-state index is 12.5. The van der Waals surface area contributed by atoms with Gasteiger partial charge in [-0.1, -0.05) is 24.3 Å². The van der Waals surface area contributed by atoms with E-state index in [-0.39, 0.29) is 5.91 Å². The molecule has 1 aliphatic heterocycles. The first-order valence-electron chi connectivity index (χ1n) is 9.83. The average Bonchev–Trinajstić information content (AvgIpc) is 2.70. The summed E-state index contributed by atoms with van der Waals surface area (Å²) < 4.78 is 5.77. The van der Waals surface area contributed by atoms with Gasteiger partial charge in [0.15, 0.2) is 0 Å². The highest BCUT2D eigenvalue weighted by molar-refractivity contribution is 5.96. The molecule has 0 atom stereocenters. The van der Waals surface area contributed by atoms with Crippen molar-refractivity contribution in [3.8, 4) is 0 Å². The summed E-state index contributed by atoms with van der Waals surface area (Å²) in [5, 5.41) is 3.20. The summed E-state index contributed by atoms with van der Waals surface area (Å²) in [5.74, 6) is 1.11. The number of allylic oxidation sites excluding steroid dienone is 2. The fourth-order valence-corrected chi connectivity index (χ4v) is 3.52. The number of likely N-dealkylation sites (N-methyl/N-ethyl adjacent to an activating group) is 2. The monoisotopic (exact) mass is 371 g/mol. The molecule has 0 bridgehead atoms. The average molecular weight is 372 g/mol. The van der Waals surface area contributed by atoms with Gasteiger partial charge in [0, 0.05) is 44.7 Å². The molecule has 0 saturated heterocycles. The number of methoxy groups -OCH3 is 1. The number of hydrogen-bond donors (Lipinski definition) is 1. The first-order valence-corrected chi connectivity index (χ1v) is 9.83. The van der Waals surface area contributed by atoms with Crippen LogP contribution in [0, 0.1) is 0 Å². The van der Waals surface area contributed by atoms with Crippen LogP contribution in [0.2, 0.25) is 0 Å². The Bertz CT molecular complexity index is 682. The van der Waals surface area contributed by atoms with Crippen LogP contribution in [0.15, 0.2) is 47.9 Å². The van der Waals surface area contributed by atoms with Crippen molar-refractivity contribution in [1.82, 2.24) is 10.2 Å². The van der Waals surface area contributed by atoms with Crippen LogP contribution in [0.3, 0.4) is 0 Å². The van der Waals surface area contributed by atoms with Crippen LogP contribution in [-0.2, 0) is 16.0 Å². The van der Waals surface area contributed by atoms with Gasteiger partial charge >= 0.3 is 0 Å². The van der Waals surface area contributed by atoms with E-state index in [2.05, 4.69) is 29.3 Å². The molecule has 0 unspecified atom stereocenters. The third-order valence-electron chi connectivity index (χ3n) is 4.96. The third kappa shape index (κ3) is 5.36. The zero-order valence-electron chi connectivity index (χ0n) is 17.1. The normalized spacial score (nSPS) is 15.0. The van der Waals surface area contributed by atoms with Crippen molar-refractivity contribution >= 4 is 11.6 Å². The van der Waals surface area contributed by atoms with Crippen molar-refractivity contribution in [3.05, 3.63) is 53.4 Å². The molecular weight excluding hydrogens is 338 g/mol. The minimum absolute atomic E-state index is 0.194. The molecule has 5 heteroatoms. The number of para-hydroxylation sites is 1. The molecule has 0 fully saturated rings. The smallest absolute Gasteiger partial charge is 0.227 e. The lowest BCUT2D eigenvalue weighted by Crippen LogP contribution is -2.36. The molecule has 0 saturated carbocycles. The van der Waals surface area contributed by atoms with E-state index in [4.69, 9.17) is 4.74 Å². The predicted molar refractivity (Wildman–Crippen MR) is 112 cm³/mol. The summed E-state index contributed by atoms with van der Waals surface area (Å²) in [7, 11) is 3.68. The van der Waals surface area contributed by atoms with Gasteiger partial charge in [0.1, 0.15) is 5.76 Å². The van der Waals surface area contributed by atoms with E-state index in [0.29, 0.717) is 19.4 Å². The number of nitrogens with zero attached hydrogens (tertiary/aromatic N) is 2. The summed E-state index contributed by atoms with van der Waals surface area (Å²) >= 11 is 0. The van der Waals surface area contributed by atoms with Crippen LogP contribution >= 0.6 is 0 Å². The second-order valence-electron chi connectivity index (χ2n) is 6.62. The number of nitrogens with one attached hydrogen (secondary N) is 1. The fourth-order valence-electron chi connectivity index (χ4n) is 3.52. The number of benzene rings is 1. The number of carbonyl (C=O) groups is 1. The number of hydrogen-bond acceptors (Lipinski definition) is 4. The van der Waals surface area contributed by atoms with Crippen LogP contribution in [0.1, 0.15) is 32.3 Å². The Hall–Kier alpha value is -2.27. The zero-order chi connectivity index (χ0) is 19.6. The Morgan fingerprint density at radius 2 is 2.11 bits per heavy atom. The van der Waals surface area contributed by atoms with Crippen molar-refractivity contribution in [1.29, 1.82) is 0 Å². The summed E-state index contributed by atoms with van der Waals surface area (Å²) in [5.41, 5.74) is 3.38. The number of carbonyl (C=O) groups excluding carboxylic acids is 1. The van der Waals surface area contributed by atoms with Gasteiger partial charge in [-0.05, 0) is 45.0 Å². The SMILES string of the molecule is C/C=C\C(=C(/CCN1C(=O)CCc2ccccc21)OC)N(CC)CCNC. The molecule has 1 N–H and O–H groups in total. The standard InChI is InChI=1S/C22H33N3O2/c1-5-9-20(24(6-2)17-15-23-3)21(27-4)14-16-25-19-11-8-7-10-18(19)12-13-22(25)26/h5,7-11,23H,6,12-17H2,1-4H3/b9-5-,21-20-. The Morgan fingerprint density at radius 3 is 2.78 bits per heavy atom. The van der Waals surface area contributed by atoms with Crippen LogP contribution in [0.5, 0.6) is 0 Å². The molecule has 1 heterocycles. The minimum Gasteiger partial charge on any atom is -0.499 e. The topological polar surface area (TPSA) is 44.8 Å². The van der Waals surface area contributed by atoms with E-state index in [1.54, 1.807) is 7.11 Å². The zero-order valence-corrected chi connectivity index (χ0v) is 17.1. The highest BCUT2D eigenvalue weighted by atomic mass is 16.5. The minimum atomic E-state index is 0.194. The van der Waals surface area contributed by atoms with Gasteiger partial charge in [-0.3, -0.25) is 4.79 Å². The van der Waals surface area contributed by atoms with Gasteiger partial charge in [-0.25, -0.2) is 0 Å². The predicted octanol–water partition coefficient (Wildman–Crippen LogP) is 3.33. The molecule has 0 spiro atoms. The molecule has 27 heavy (non-hydrogen) atoms. The van der Waals surface area contributed by atoms with Crippen LogP contribution < -0.4 is 10.2 Å². The third-order valence-corrected chi connectivity index (χ3v) is 4.96. The number of anilines is 1. The lowest BCUT2D eigenvalue weighted by atomic mass is 10.0. The van der Waals surface area contributed by atoms with Crippen LogP contribution in [0.4, 0.5) is 5.69 Å². The molecule has 1 aromatic carbocycles. The molecule has 1 aromatic rings. The second-order valence-corrected chi connectivity index (χ2v) is 6.62. The van der Waals surface area contributed by atoms with Crippen molar-refractivity contribution < 1.29 is 9.53 Å². The van der Waals surface area contributed by atoms with Gasteiger partial charge in [0.05, 0.1) is 12.8 Å². The van der Waals surface area contributed by atoms with E-state index in [0.717, 1.165) is 43.2 Å². The summed E-state index contributed by atoms with van der Waals surface area (Å²) in [6.07, 6.45) is 6.23. The van der Waals surface area contributed by atoms with Gasteiger partial charge in [-0.2, -0.15) is 0 Å². The van der Waals surface area contributed by atoms with Crippen molar-refractivity contribution in [3.63, 3.8) is 0 Å². The summed E-state index contributed by atoms with van der Waals surface area (Å²) in [4.78, 5) is 16.7. The lowest BCUT2D eigenvalue weighted by molar-refractivity contribution is -0.118. The molecule has 1 aliphatic rings. The van der Waals surface area contributed by atoms with Crippen molar-refractivity contribution in [2.24, 2.45) is 0 Å². The van der Waals surface area contributed by atoms with Crippen LogP contribution in [0.25, 0.3) is 0 Å². The first kappa shape index (κ1) is 21.0. The Kier molecular flexibility index (Phi) is 8.40. The van der Waals surface area contributed by atoms with Crippen molar-refractivity contribution in [2.45, 2.75) is 33.1 Å². The van der Waals surface area contributed by atoms with E-state index < -0.39 is 0 Å². The molecule has 0 aliphatic carbocycles.